The third-order valence-corrected chi connectivity index (χ3v) is 13.3. The van der Waals surface area contributed by atoms with E-state index in [9.17, 15) is 20.1 Å². The van der Waals surface area contributed by atoms with Gasteiger partial charge in [-0.15, -0.1) is 0 Å². The molecule has 5 aliphatic carbocycles. The predicted octanol–water partition coefficient (Wildman–Crippen LogP) is 3.76. The van der Waals surface area contributed by atoms with E-state index in [1.54, 1.807) is 13.8 Å². The van der Waals surface area contributed by atoms with Crippen molar-refractivity contribution < 1.29 is 29.6 Å². The largest absolute Gasteiger partial charge is 0.392 e. The Balaban J connectivity index is 1.40. The van der Waals surface area contributed by atoms with Crippen LogP contribution >= 0.6 is 0 Å². The van der Waals surface area contributed by atoms with Crippen LogP contribution in [0.4, 0.5) is 0 Å². The SMILES string of the molecule is C[C@@H]1C[C@H]2O[C@]3(O[C@@H]2C(C)(C)O)[C@H]1[C@@]1(C)[C@H](O)C[C@@]24C[C@@]25CCC(=O)C(C)(C)[C@@H]5CC=C4[C@]1(C)[C@H]3O. The van der Waals surface area contributed by atoms with Crippen molar-refractivity contribution in [1.82, 2.24) is 0 Å². The zero-order chi connectivity index (χ0) is 26.1. The number of hydrogen-bond acceptors (Lipinski definition) is 6. The van der Waals surface area contributed by atoms with Gasteiger partial charge in [-0.05, 0) is 63.2 Å². The number of rotatable bonds is 1. The summed E-state index contributed by atoms with van der Waals surface area (Å²) in [4.78, 5) is 12.9. The average Bonchev–Trinajstić information content (AvgIpc) is 3.27. The van der Waals surface area contributed by atoms with Crippen molar-refractivity contribution in [2.45, 2.75) is 123 Å². The Kier molecular flexibility index (Phi) is 4.27. The van der Waals surface area contributed by atoms with Gasteiger partial charge in [-0.2, -0.15) is 0 Å². The molecule has 2 bridgehead atoms. The molecule has 0 aromatic heterocycles. The average molecular weight is 501 g/mol. The molecule has 0 aromatic rings. The summed E-state index contributed by atoms with van der Waals surface area (Å²) in [6.45, 7) is 14.3. The van der Waals surface area contributed by atoms with Gasteiger partial charge in [0.2, 0.25) is 0 Å². The van der Waals surface area contributed by atoms with Crippen molar-refractivity contribution >= 4 is 5.78 Å². The van der Waals surface area contributed by atoms with Crippen LogP contribution in [0.2, 0.25) is 0 Å². The molecule has 0 unspecified atom stereocenters. The van der Waals surface area contributed by atoms with Gasteiger partial charge in [-0.3, -0.25) is 4.79 Å². The predicted molar refractivity (Wildman–Crippen MR) is 133 cm³/mol. The molecule has 200 valence electrons. The van der Waals surface area contributed by atoms with Crippen LogP contribution in [0, 0.1) is 44.8 Å². The molecule has 12 atom stereocenters. The van der Waals surface area contributed by atoms with Gasteiger partial charge in [0.25, 0.3) is 0 Å². The first-order valence-corrected chi connectivity index (χ1v) is 14.2. The minimum atomic E-state index is -1.25. The molecule has 7 rings (SSSR count). The van der Waals surface area contributed by atoms with Crippen LogP contribution in [0.15, 0.2) is 11.6 Å². The lowest BCUT2D eigenvalue weighted by Crippen LogP contribution is -2.60. The van der Waals surface area contributed by atoms with Crippen LogP contribution < -0.4 is 0 Å². The normalized spacial score (nSPS) is 60.3. The monoisotopic (exact) mass is 500 g/mol. The lowest BCUT2D eigenvalue weighted by Gasteiger charge is -2.60. The summed E-state index contributed by atoms with van der Waals surface area (Å²) < 4.78 is 13.4. The van der Waals surface area contributed by atoms with Crippen LogP contribution in [0.1, 0.15) is 87.0 Å². The van der Waals surface area contributed by atoms with Crippen molar-refractivity contribution in [3.63, 3.8) is 0 Å². The van der Waals surface area contributed by atoms with Crippen molar-refractivity contribution in [1.29, 1.82) is 0 Å². The number of carbonyl (C=O) groups excluding carboxylic acids is 1. The first-order chi connectivity index (χ1) is 16.5. The van der Waals surface area contributed by atoms with Gasteiger partial charge < -0.3 is 24.8 Å². The van der Waals surface area contributed by atoms with E-state index in [1.807, 2.05) is 0 Å². The van der Waals surface area contributed by atoms with E-state index in [0.717, 1.165) is 25.7 Å². The molecule has 2 saturated heterocycles. The molecular weight excluding hydrogens is 456 g/mol. The summed E-state index contributed by atoms with van der Waals surface area (Å²) in [5, 5.41) is 35.5. The number of hydrogen-bond donors (Lipinski definition) is 3. The summed E-state index contributed by atoms with van der Waals surface area (Å²) >= 11 is 0. The topological polar surface area (TPSA) is 96.2 Å². The van der Waals surface area contributed by atoms with E-state index in [1.165, 1.54) is 5.57 Å². The second kappa shape index (κ2) is 6.33. The van der Waals surface area contributed by atoms with Crippen LogP contribution in [0.3, 0.4) is 0 Å². The minimum Gasteiger partial charge on any atom is -0.392 e. The fraction of sp³-hybridized carbons (Fsp3) is 0.900. The van der Waals surface area contributed by atoms with E-state index in [-0.39, 0.29) is 40.1 Å². The second-order valence-corrected chi connectivity index (χ2v) is 15.3. The molecule has 6 nitrogen and oxygen atoms in total. The van der Waals surface area contributed by atoms with Crippen LogP contribution in [-0.4, -0.2) is 56.9 Å². The number of aliphatic hydroxyl groups is 3. The number of fused-ring (bicyclic) bond motifs is 4. The Bertz CT molecular complexity index is 1090. The van der Waals surface area contributed by atoms with Gasteiger partial charge in [0.15, 0.2) is 5.79 Å². The highest BCUT2D eigenvalue weighted by Gasteiger charge is 2.88. The summed E-state index contributed by atoms with van der Waals surface area (Å²) in [6, 6.07) is 0. The number of allylic oxidation sites excluding steroid dienone is 1. The van der Waals surface area contributed by atoms with Crippen LogP contribution in [-0.2, 0) is 14.3 Å². The number of aliphatic hydroxyl groups excluding tert-OH is 2. The lowest BCUT2D eigenvalue weighted by atomic mass is 9.44. The fourth-order valence-electron chi connectivity index (χ4n) is 11.7. The lowest BCUT2D eigenvalue weighted by molar-refractivity contribution is -0.281. The Morgan fingerprint density at radius 3 is 2.47 bits per heavy atom. The summed E-state index contributed by atoms with van der Waals surface area (Å²) in [5.41, 5.74) is -1.71. The Morgan fingerprint density at radius 1 is 1.11 bits per heavy atom. The molecule has 2 aliphatic heterocycles. The zero-order valence-electron chi connectivity index (χ0n) is 22.9. The summed E-state index contributed by atoms with van der Waals surface area (Å²) in [6.07, 6.45) is 4.70. The Hall–Kier alpha value is -0.790. The highest BCUT2D eigenvalue weighted by atomic mass is 16.8. The molecule has 2 heterocycles. The van der Waals surface area contributed by atoms with Gasteiger partial charge in [0, 0.05) is 34.0 Å². The Labute approximate surface area is 214 Å². The molecule has 36 heavy (non-hydrogen) atoms. The maximum absolute atomic E-state index is 12.9. The van der Waals surface area contributed by atoms with Crippen molar-refractivity contribution in [2.24, 2.45) is 44.8 Å². The number of carbonyl (C=O) groups is 1. The minimum absolute atomic E-state index is 0.0200. The molecule has 0 aromatic carbocycles. The molecule has 0 radical (unpaired) electrons. The van der Waals surface area contributed by atoms with E-state index in [2.05, 4.69) is 40.7 Å². The Morgan fingerprint density at radius 2 is 1.81 bits per heavy atom. The summed E-state index contributed by atoms with van der Waals surface area (Å²) in [5.74, 6) is -0.641. The van der Waals surface area contributed by atoms with Crippen molar-refractivity contribution in [3.05, 3.63) is 11.6 Å². The first kappa shape index (κ1) is 24.3. The number of ether oxygens (including phenoxy) is 2. The van der Waals surface area contributed by atoms with Gasteiger partial charge in [-0.25, -0.2) is 0 Å². The highest BCUT2D eigenvalue weighted by Crippen LogP contribution is 2.88. The molecule has 4 saturated carbocycles. The number of Topliss-reactive ketones (excluding diaryl/α,β-unsaturated/α-hetero) is 1. The first-order valence-electron chi connectivity index (χ1n) is 14.2. The van der Waals surface area contributed by atoms with E-state index < -0.39 is 40.5 Å². The van der Waals surface area contributed by atoms with Crippen LogP contribution in [0.25, 0.3) is 0 Å². The molecule has 6 fully saturated rings. The van der Waals surface area contributed by atoms with Gasteiger partial charge in [0.05, 0.1) is 17.8 Å². The quantitative estimate of drug-likeness (QED) is 0.475. The second-order valence-electron chi connectivity index (χ2n) is 15.3. The standard InChI is InChI=1S/C30H44O6/c1-15-12-16-22(25(4,5)34)36-30(35-16)21(15)27(7)20(32)13-29-14-28(29)11-10-19(31)24(2,3)17(28)8-9-18(29)26(27,6)23(30)33/h9,15-17,20-23,32-34H,8,10-14H2,1-7H3/t15-,16-,17+,20-,21-,22+,23-,26-,27-,28-,29+,30+/m1/s1. The highest BCUT2D eigenvalue weighted by molar-refractivity contribution is 5.86. The third-order valence-electron chi connectivity index (χ3n) is 13.3. The maximum atomic E-state index is 12.9. The molecular formula is C30H44O6. The van der Waals surface area contributed by atoms with Gasteiger partial charge in [0.1, 0.15) is 18.0 Å². The molecule has 3 N–H and O–H groups in total. The van der Waals surface area contributed by atoms with Crippen molar-refractivity contribution in [3.8, 4) is 0 Å². The number of ketones is 1. The third kappa shape index (κ3) is 2.20. The zero-order valence-corrected chi connectivity index (χ0v) is 22.9. The fourth-order valence-corrected chi connectivity index (χ4v) is 11.7. The van der Waals surface area contributed by atoms with Crippen molar-refractivity contribution in [2.75, 3.05) is 0 Å². The van der Waals surface area contributed by atoms with Crippen LogP contribution in [0.5, 0.6) is 0 Å². The maximum Gasteiger partial charge on any atom is 0.200 e. The molecule has 0 amide bonds. The molecule has 3 spiro atoms. The van der Waals surface area contributed by atoms with Gasteiger partial charge in [-0.1, -0.05) is 46.3 Å². The molecule has 7 aliphatic rings. The van der Waals surface area contributed by atoms with Gasteiger partial charge >= 0.3 is 0 Å². The van der Waals surface area contributed by atoms with E-state index >= 15 is 0 Å². The van der Waals surface area contributed by atoms with E-state index in [4.69, 9.17) is 9.47 Å². The summed E-state index contributed by atoms with van der Waals surface area (Å²) in [7, 11) is 0. The smallest absolute Gasteiger partial charge is 0.200 e. The molecule has 6 heteroatoms. The van der Waals surface area contributed by atoms with E-state index in [0.29, 0.717) is 18.6 Å².